The quantitative estimate of drug-likeness (QED) is 0.694. The van der Waals surface area contributed by atoms with Gasteiger partial charge in [0.05, 0.1) is 7.11 Å². The number of aliphatic carboxylic acids is 2. The molecular formula is C12H14O6. The van der Waals surface area contributed by atoms with E-state index in [9.17, 15) is 14.7 Å². The van der Waals surface area contributed by atoms with E-state index >= 15 is 0 Å². The van der Waals surface area contributed by atoms with Crippen LogP contribution in [0.3, 0.4) is 0 Å². The van der Waals surface area contributed by atoms with Crippen LogP contribution in [-0.2, 0) is 16.0 Å². The largest absolute Gasteiger partial charge is 0.497 e. The Labute approximate surface area is 103 Å². The van der Waals surface area contributed by atoms with E-state index in [1.165, 1.54) is 13.2 Å². The maximum absolute atomic E-state index is 10.8. The molecule has 0 aromatic heterocycles. The molecular weight excluding hydrogens is 240 g/mol. The molecule has 0 radical (unpaired) electrons. The van der Waals surface area contributed by atoms with Crippen molar-refractivity contribution in [3.8, 4) is 5.75 Å². The van der Waals surface area contributed by atoms with Crippen LogP contribution in [0.2, 0.25) is 0 Å². The van der Waals surface area contributed by atoms with E-state index in [2.05, 4.69) is 0 Å². The number of rotatable bonds is 6. The van der Waals surface area contributed by atoms with Crippen LogP contribution in [0.15, 0.2) is 18.2 Å². The normalized spacial score (nSPS) is 11.9. The molecule has 1 unspecified atom stereocenters. The van der Waals surface area contributed by atoms with Gasteiger partial charge in [0.1, 0.15) is 5.75 Å². The van der Waals surface area contributed by atoms with Crippen LogP contribution in [-0.4, -0.2) is 34.4 Å². The second-order valence-electron chi connectivity index (χ2n) is 3.70. The fourth-order valence-corrected chi connectivity index (χ4v) is 1.56. The first-order valence-electron chi connectivity index (χ1n) is 5.25. The zero-order valence-electron chi connectivity index (χ0n) is 9.79. The minimum Gasteiger partial charge on any atom is -0.497 e. The van der Waals surface area contributed by atoms with Gasteiger partial charge in [-0.3, -0.25) is 4.79 Å². The third-order valence-corrected chi connectivity index (χ3v) is 2.49. The van der Waals surface area contributed by atoms with Crippen molar-refractivity contribution in [2.24, 2.45) is 0 Å². The number of methoxy groups -OCH3 is 1. The van der Waals surface area contributed by atoms with Crippen molar-refractivity contribution in [1.82, 2.24) is 0 Å². The molecule has 0 amide bonds. The highest BCUT2D eigenvalue weighted by atomic mass is 16.5. The van der Waals surface area contributed by atoms with Crippen LogP contribution < -0.4 is 4.74 Å². The van der Waals surface area contributed by atoms with Crippen LogP contribution in [0.4, 0.5) is 0 Å². The van der Waals surface area contributed by atoms with Crippen LogP contribution in [0.25, 0.3) is 0 Å². The molecule has 1 aromatic rings. The lowest BCUT2D eigenvalue weighted by Gasteiger charge is -2.13. The van der Waals surface area contributed by atoms with Gasteiger partial charge in [0.15, 0.2) is 6.10 Å². The number of ether oxygens (including phenoxy) is 1. The second kappa shape index (κ2) is 6.02. The fraction of sp³-hybridized carbons (Fsp3) is 0.333. The molecule has 0 aliphatic carbocycles. The maximum Gasteiger partial charge on any atom is 0.337 e. The highest BCUT2D eigenvalue weighted by molar-refractivity contribution is 5.75. The molecule has 6 heteroatoms. The lowest BCUT2D eigenvalue weighted by atomic mass is 9.98. The summed E-state index contributed by atoms with van der Waals surface area (Å²) < 4.78 is 4.94. The number of carboxylic acid groups (broad SMARTS) is 2. The Kier molecular flexibility index (Phi) is 4.67. The van der Waals surface area contributed by atoms with E-state index in [0.29, 0.717) is 11.3 Å². The number of aryl methyl sites for hydroxylation is 1. The first kappa shape index (κ1) is 14.0. The van der Waals surface area contributed by atoms with E-state index in [1.807, 2.05) is 0 Å². The minimum atomic E-state index is -1.69. The van der Waals surface area contributed by atoms with Crippen molar-refractivity contribution < 1.29 is 29.6 Å². The lowest BCUT2D eigenvalue weighted by molar-refractivity contribution is -0.147. The van der Waals surface area contributed by atoms with Gasteiger partial charge >= 0.3 is 11.9 Å². The molecule has 0 aliphatic heterocycles. The second-order valence-corrected chi connectivity index (χ2v) is 3.70. The molecule has 0 fully saturated rings. The van der Waals surface area contributed by atoms with Gasteiger partial charge in [-0.25, -0.2) is 4.79 Å². The monoisotopic (exact) mass is 254 g/mol. The van der Waals surface area contributed by atoms with Crippen LogP contribution >= 0.6 is 0 Å². The summed E-state index contributed by atoms with van der Waals surface area (Å²) in [7, 11) is 1.42. The summed E-state index contributed by atoms with van der Waals surface area (Å²) in [5.41, 5.74) is 0.635. The summed E-state index contributed by atoms with van der Waals surface area (Å²) in [6, 6.07) is 4.55. The van der Waals surface area contributed by atoms with Crippen molar-refractivity contribution in [2.75, 3.05) is 7.11 Å². The summed E-state index contributed by atoms with van der Waals surface area (Å²) in [6.45, 7) is 0. The Hall–Kier alpha value is -2.08. The third kappa shape index (κ3) is 3.46. The van der Waals surface area contributed by atoms with E-state index < -0.39 is 18.0 Å². The van der Waals surface area contributed by atoms with Crippen molar-refractivity contribution in [2.45, 2.75) is 18.9 Å². The van der Waals surface area contributed by atoms with E-state index in [-0.39, 0.29) is 18.4 Å². The van der Waals surface area contributed by atoms with E-state index in [0.717, 1.165) is 0 Å². The molecule has 0 bridgehead atoms. The molecule has 0 heterocycles. The molecule has 6 nitrogen and oxygen atoms in total. The standard InChI is InChI=1S/C12H14O6/c1-18-8-4-2-7(3-5-10(13)14)9(6-8)11(15)12(16)17/h2,4,6,11,15H,3,5H2,1H3,(H,13,14)(H,16,17). The zero-order valence-corrected chi connectivity index (χ0v) is 9.79. The maximum atomic E-state index is 10.8. The van der Waals surface area contributed by atoms with Crippen LogP contribution in [0, 0.1) is 0 Å². The number of carbonyl (C=O) groups is 2. The third-order valence-electron chi connectivity index (χ3n) is 2.49. The van der Waals surface area contributed by atoms with Crippen LogP contribution in [0.5, 0.6) is 5.75 Å². The summed E-state index contributed by atoms with van der Waals surface area (Å²) in [5, 5.41) is 27.0. The van der Waals surface area contributed by atoms with Gasteiger partial charge in [0, 0.05) is 6.42 Å². The Morgan fingerprint density at radius 2 is 2.00 bits per heavy atom. The van der Waals surface area contributed by atoms with E-state index in [4.69, 9.17) is 14.9 Å². The van der Waals surface area contributed by atoms with Crippen LogP contribution in [0.1, 0.15) is 23.7 Å². The number of hydrogen-bond donors (Lipinski definition) is 3. The number of hydrogen-bond acceptors (Lipinski definition) is 4. The molecule has 1 atom stereocenters. The van der Waals surface area contributed by atoms with Crippen molar-refractivity contribution >= 4 is 11.9 Å². The summed E-state index contributed by atoms with van der Waals surface area (Å²) in [4.78, 5) is 21.3. The molecule has 0 saturated heterocycles. The van der Waals surface area contributed by atoms with E-state index in [1.54, 1.807) is 12.1 Å². The molecule has 0 aliphatic rings. The van der Waals surface area contributed by atoms with Gasteiger partial charge in [-0.2, -0.15) is 0 Å². The van der Waals surface area contributed by atoms with Gasteiger partial charge in [-0.15, -0.1) is 0 Å². The Morgan fingerprint density at radius 1 is 1.33 bits per heavy atom. The van der Waals surface area contributed by atoms with Gasteiger partial charge < -0.3 is 20.1 Å². The lowest BCUT2D eigenvalue weighted by Crippen LogP contribution is -2.13. The summed E-state index contributed by atoms with van der Waals surface area (Å²) >= 11 is 0. The SMILES string of the molecule is COc1ccc(CCC(=O)O)c(C(O)C(=O)O)c1. The highest BCUT2D eigenvalue weighted by Gasteiger charge is 2.20. The molecule has 0 spiro atoms. The molecule has 18 heavy (non-hydrogen) atoms. The zero-order chi connectivity index (χ0) is 13.7. The molecule has 1 aromatic carbocycles. The van der Waals surface area contributed by atoms with Gasteiger partial charge in [-0.05, 0) is 29.7 Å². The van der Waals surface area contributed by atoms with Gasteiger partial charge in [0.25, 0.3) is 0 Å². The number of carboxylic acids is 2. The van der Waals surface area contributed by atoms with Crippen molar-refractivity contribution in [3.05, 3.63) is 29.3 Å². The molecule has 1 rings (SSSR count). The highest BCUT2D eigenvalue weighted by Crippen LogP contribution is 2.25. The minimum absolute atomic E-state index is 0.133. The smallest absolute Gasteiger partial charge is 0.337 e. The molecule has 3 N–H and O–H groups in total. The van der Waals surface area contributed by atoms with Crippen molar-refractivity contribution in [1.29, 1.82) is 0 Å². The topological polar surface area (TPSA) is 104 Å². The summed E-state index contributed by atoms with van der Waals surface area (Å²) in [6.07, 6.45) is -1.67. The average molecular weight is 254 g/mol. The fourth-order valence-electron chi connectivity index (χ4n) is 1.56. The molecule has 98 valence electrons. The Bertz CT molecular complexity index is 454. The summed E-state index contributed by atoms with van der Waals surface area (Å²) in [5.74, 6) is -1.97. The number of aliphatic hydroxyl groups excluding tert-OH is 1. The Morgan fingerprint density at radius 3 is 2.50 bits per heavy atom. The van der Waals surface area contributed by atoms with Gasteiger partial charge in [0.2, 0.25) is 0 Å². The molecule has 0 saturated carbocycles. The number of aliphatic hydroxyl groups is 1. The predicted molar refractivity (Wildman–Crippen MR) is 61.5 cm³/mol. The number of benzene rings is 1. The predicted octanol–water partition coefficient (Wildman–Crippen LogP) is 0.830. The van der Waals surface area contributed by atoms with Crippen molar-refractivity contribution in [3.63, 3.8) is 0 Å². The van der Waals surface area contributed by atoms with Gasteiger partial charge in [-0.1, -0.05) is 6.07 Å². The first-order valence-corrected chi connectivity index (χ1v) is 5.25. The Balaban J connectivity index is 3.07. The average Bonchev–Trinajstić information content (AvgIpc) is 2.35. The first-order chi connectivity index (χ1) is 8.45.